The molecule has 4 heterocycles. The van der Waals surface area contributed by atoms with Crippen molar-refractivity contribution < 1.29 is 19.2 Å². The van der Waals surface area contributed by atoms with Crippen molar-refractivity contribution >= 4 is 0 Å². The number of hydrogen-bond donors (Lipinski definition) is 0. The molecule has 2 bridgehead atoms. The fourth-order valence-electron chi connectivity index (χ4n) is 5.87. The molecule has 0 N–H and O–H groups in total. The van der Waals surface area contributed by atoms with Crippen molar-refractivity contribution in [3.05, 3.63) is 35.9 Å². The fraction of sp³-hybridized carbons (Fsp3) is 0.727. The van der Waals surface area contributed by atoms with Crippen molar-refractivity contribution in [3.8, 4) is 0 Å². The van der Waals surface area contributed by atoms with Crippen LogP contribution in [0.1, 0.15) is 57.4 Å². The van der Waals surface area contributed by atoms with Gasteiger partial charge < -0.3 is 9.47 Å². The lowest BCUT2D eigenvalue weighted by atomic mass is 9.61. The summed E-state index contributed by atoms with van der Waals surface area (Å²) in [5.74, 6) is 0.871. The molecule has 1 aromatic carbocycles. The number of benzene rings is 1. The first-order valence-electron chi connectivity index (χ1n) is 10.4. The van der Waals surface area contributed by atoms with Crippen LogP contribution >= 0.6 is 0 Å². The molecule has 0 unspecified atom stereocenters. The SMILES string of the molecule is C[C@]12CC[C@H]3CCC[C@H]4[C@@H](CCCc5ccccc5)CO[C@H](O1)[C@@]34OO2. The molecule has 142 valence electrons. The summed E-state index contributed by atoms with van der Waals surface area (Å²) in [6.45, 7) is 2.78. The Labute approximate surface area is 156 Å². The van der Waals surface area contributed by atoms with Crippen LogP contribution in [-0.2, 0) is 25.7 Å². The predicted octanol–water partition coefficient (Wildman–Crippen LogP) is 4.63. The first-order valence-corrected chi connectivity index (χ1v) is 10.4. The largest absolute Gasteiger partial charge is 0.349 e. The lowest BCUT2D eigenvalue weighted by Crippen LogP contribution is -2.67. The molecule has 6 atom stereocenters. The van der Waals surface area contributed by atoms with Gasteiger partial charge in [0.2, 0.25) is 5.79 Å². The fourth-order valence-corrected chi connectivity index (χ4v) is 5.87. The summed E-state index contributed by atoms with van der Waals surface area (Å²) in [6, 6.07) is 10.8. The maximum atomic E-state index is 6.28. The standard InChI is InChI=1S/C22H30O4/c1-21-14-13-18-11-6-12-19-17(10-5-9-16-7-3-2-4-8-16)15-23-20(24-21)22(18,19)26-25-21/h2-4,7-8,17-20H,5-6,9-15H2,1H3/t17-,18+,19-,20+,21-,22+/m0/s1. The van der Waals surface area contributed by atoms with Gasteiger partial charge in [0.15, 0.2) is 11.9 Å². The van der Waals surface area contributed by atoms with Crippen molar-refractivity contribution in [2.45, 2.75) is 76.0 Å². The molecule has 0 amide bonds. The Kier molecular flexibility index (Phi) is 4.35. The molecule has 4 heteroatoms. The summed E-state index contributed by atoms with van der Waals surface area (Å²) in [5, 5.41) is 0. The lowest BCUT2D eigenvalue weighted by molar-refractivity contribution is -0.566. The number of ether oxygens (including phenoxy) is 2. The van der Waals surface area contributed by atoms with Crippen LogP contribution in [0, 0.1) is 17.8 Å². The summed E-state index contributed by atoms with van der Waals surface area (Å²) in [6.07, 6.45) is 8.96. The third-order valence-electron chi connectivity index (χ3n) is 7.23. The highest BCUT2D eigenvalue weighted by atomic mass is 17.3. The van der Waals surface area contributed by atoms with E-state index in [9.17, 15) is 0 Å². The zero-order valence-electron chi connectivity index (χ0n) is 15.7. The molecule has 1 aromatic rings. The van der Waals surface area contributed by atoms with Crippen LogP contribution in [-0.4, -0.2) is 24.3 Å². The third-order valence-corrected chi connectivity index (χ3v) is 7.23. The average molecular weight is 358 g/mol. The summed E-state index contributed by atoms with van der Waals surface area (Å²) in [5.41, 5.74) is 1.04. The smallest absolute Gasteiger partial charge is 0.201 e. The van der Waals surface area contributed by atoms with E-state index in [1.807, 2.05) is 6.92 Å². The molecule has 1 saturated carbocycles. The zero-order valence-corrected chi connectivity index (χ0v) is 15.7. The third kappa shape index (κ3) is 2.73. The Morgan fingerprint density at radius 2 is 1.96 bits per heavy atom. The van der Waals surface area contributed by atoms with Gasteiger partial charge in [-0.3, -0.25) is 0 Å². The van der Waals surface area contributed by atoms with Crippen LogP contribution in [0.3, 0.4) is 0 Å². The summed E-state index contributed by atoms with van der Waals surface area (Å²) in [4.78, 5) is 12.0. The highest BCUT2D eigenvalue weighted by Gasteiger charge is 2.66. The Balaban J connectivity index is 1.33. The Morgan fingerprint density at radius 1 is 1.08 bits per heavy atom. The number of aryl methyl sites for hydroxylation is 1. The second kappa shape index (κ2) is 6.59. The topological polar surface area (TPSA) is 36.9 Å². The lowest BCUT2D eigenvalue weighted by Gasteiger charge is -2.58. The average Bonchev–Trinajstić information content (AvgIpc) is 2.89. The van der Waals surface area contributed by atoms with E-state index in [0.29, 0.717) is 17.8 Å². The molecule has 5 fully saturated rings. The maximum Gasteiger partial charge on any atom is 0.201 e. The van der Waals surface area contributed by atoms with E-state index < -0.39 is 5.79 Å². The van der Waals surface area contributed by atoms with E-state index in [4.69, 9.17) is 19.2 Å². The highest BCUT2D eigenvalue weighted by Crippen LogP contribution is 2.58. The van der Waals surface area contributed by atoms with E-state index in [1.165, 1.54) is 37.7 Å². The minimum Gasteiger partial charge on any atom is -0.349 e. The minimum absolute atomic E-state index is 0.260. The van der Waals surface area contributed by atoms with Gasteiger partial charge in [-0.2, -0.15) is 0 Å². The molecule has 1 aliphatic carbocycles. The van der Waals surface area contributed by atoms with Gasteiger partial charge >= 0.3 is 0 Å². The molecule has 0 radical (unpaired) electrons. The molecule has 4 saturated heterocycles. The quantitative estimate of drug-likeness (QED) is 0.736. The van der Waals surface area contributed by atoms with Gasteiger partial charge in [0.05, 0.1) is 6.61 Å². The van der Waals surface area contributed by atoms with Crippen molar-refractivity contribution in [2.24, 2.45) is 17.8 Å². The van der Waals surface area contributed by atoms with E-state index in [2.05, 4.69) is 30.3 Å². The second-order valence-corrected chi connectivity index (χ2v) is 8.85. The summed E-state index contributed by atoms with van der Waals surface area (Å²) in [7, 11) is 0. The number of fused-ring (bicyclic) bond motifs is 2. The molecule has 4 nitrogen and oxygen atoms in total. The van der Waals surface area contributed by atoms with Crippen LogP contribution in [0.4, 0.5) is 0 Å². The van der Waals surface area contributed by atoms with Gasteiger partial charge in [0.1, 0.15) is 0 Å². The first kappa shape index (κ1) is 17.2. The molecule has 0 aromatic heterocycles. The Hall–Kier alpha value is -0.940. The highest BCUT2D eigenvalue weighted by molar-refractivity contribution is 5.14. The van der Waals surface area contributed by atoms with Crippen LogP contribution in [0.2, 0.25) is 0 Å². The van der Waals surface area contributed by atoms with Crippen LogP contribution in [0.15, 0.2) is 30.3 Å². The normalized spacial score (nSPS) is 44.3. The van der Waals surface area contributed by atoms with E-state index in [1.54, 1.807) is 0 Å². The van der Waals surface area contributed by atoms with Gasteiger partial charge in [-0.05, 0) is 62.8 Å². The van der Waals surface area contributed by atoms with Crippen LogP contribution in [0.25, 0.3) is 0 Å². The maximum absolute atomic E-state index is 6.28. The van der Waals surface area contributed by atoms with Crippen molar-refractivity contribution in [1.29, 1.82) is 0 Å². The molecule has 26 heavy (non-hydrogen) atoms. The van der Waals surface area contributed by atoms with E-state index in [-0.39, 0.29) is 11.9 Å². The van der Waals surface area contributed by atoms with Crippen molar-refractivity contribution in [1.82, 2.24) is 0 Å². The molecule has 5 aliphatic rings. The molecule has 1 spiro atoms. The number of rotatable bonds is 4. The zero-order chi connectivity index (χ0) is 17.6. The van der Waals surface area contributed by atoms with Gasteiger partial charge in [0.25, 0.3) is 0 Å². The predicted molar refractivity (Wildman–Crippen MR) is 97.1 cm³/mol. The van der Waals surface area contributed by atoms with E-state index >= 15 is 0 Å². The summed E-state index contributed by atoms with van der Waals surface area (Å²) >= 11 is 0. The molecule has 6 rings (SSSR count). The molecule has 4 aliphatic heterocycles. The Morgan fingerprint density at radius 3 is 2.85 bits per heavy atom. The number of hydrogen-bond acceptors (Lipinski definition) is 4. The van der Waals surface area contributed by atoms with E-state index in [0.717, 1.165) is 25.9 Å². The van der Waals surface area contributed by atoms with Gasteiger partial charge in [0, 0.05) is 12.3 Å². The summed E-state index contributed by atoms with van der Waals surface area (Å²) < 4.78 is 12.6. The second-order valence-electron chi connectivity index (χ2n) is 8.85. The molecular weight excluding hydrogens is 328 g/mol. The van der Waals surface area contributed by atoms with Crippen molar-refractivity contribution in [3.63, 3.8) is 0 Å². The van der Waals surface area contributed by atoms with Gasteiger partial charge in [-0.1, -0.05) is 36.8 Å². The van der Waals surface area contributed by atoms with Crippen molar-refractivity contribution in [2.75, 3.05) is 6.61 Å². The Bertz CT molecular complexity index is 634. The molecular formula is C22H30O4. The van der Waals surface area contributed by atoms with Gasteiger partial charge in [-0.15, -0.1) is 0 Å². The van der Waals surface area contributed by atoms with Crippen LogP contribution in [0.5, 0.6) is 0 Å². The minimum atomic E-state index is -0.641. The first-order chi connectivity index (χ1) is 12.7. The monoisotopic (exact) mass is 358 g/mol. The van der Waals surface area contributed by atoms with Crippen LogP contribution < -0.4 is 0 Å². The van der Waals surface area contributed by atoms with Gasteiger partial charge in [-0.25, -0.2) is 9.78 Å².